The quantitative estimate of drug-likeness (QED) is 0.791. The second kappa shape index (κ2) is 5.99. The first-order chi connectivity index (χ1) is 8.86. The van der Waals surface area contributed by atoms with E-state index >= 15 is 0 Å². The number of esters is 1. The van der Waals surface area contributed by atoms with Gasteiger partial charge in [-0.2, -0.15) is 0 Å². The Labute approximate surface area is 109 Å². The first kappa shape index (κ1) is 14.7. The highest BCUT2D eigenvalue weighted by atomic mass is 16.5. The number of benzene rings is 1. The molecule has 1 unspecified atom stereocenters. The van der Waals surface area contributed by atoms with Gasteiger partial charge in [-0.05, 0) is 31.5 Å². The van der Waals surface area contributed by atoms with Crippen LogP contribution in [0.15, 0.2) is 18.2 Å². The summed E-state index contributed by atoms with van der Waals surface area (Å²) in [5, 5.41) is 17.8. The molecule has 0 aromatic heterocycles. The number of aromatic carboxylic acids is 2. The van der Waals surface area contributed by atoms with Crippen LogP contribution in [0.3, 0.4) is 0 Å². The molecule has 2 N–H and O–H groups in total. The Kier molecular flexibility index (Phi) is 4.63. The first-order valence-electron chi connectivity index (χ1n) is 5.68. The number of carboxylic acid groups (broad SMARTS) is 2. The average Bonchev–Trinajstić information content (AvgIpc) is 2.37. The lowest BCUT2D eigenvalue weighted by atomic mass is 10.0. The normalized spacial score (nSPS) is 11.7. The molecule has 0 aliphatic carbocycles. The van der Waals surface area contributed by atoms with Crippen LogP contribution >= 0.6 is 0 Å². The highest BCUT2D eigenvalue weighted by Gasteiger charge is 2.21. The van der Waals surface area contributed by atoms with Crippen LogP contribution in [-0.4, -0.2) is 34.2 Å². The maximum atomic E-state index is 11.8. The van der Waals surface area contributed by atoms with Crippen molar-refractivity contribution in [3.8, 4) is 0 Å². The van der Waals surface area contributed by atoms with Gasteiger partial charge in [-0.15, -0.1) is 0 Å². The molecule has 1 aromatic rings. The van der Waals surface area contributed by atoms with E-state index in [1.807, 2.05) is 6.92 Å². The van der Waals surface area contributed by atoms with Gasteiger partial charge in [0.2, 0.25) is 0 Å². The van der Waals surface area contributed by atoms with Crippen molar-refractivity contribution in [1.29, 1.82) is 0 Å². The van der Waals surface area contributed by atoms with E-state index in [1.165, 1.54) is 0 Å². The summed E-state index contributed by atoms with van der Waals surface area (Å²) in [6, 6.07) is 3.22. The van der Waals surface area contributed by atoms with Crippen LogP contribution < -0.4 is 0 Å². The number of hydrogen-bond donors (Lipinski definition) is 2. The topological polar surface area (TPSA) is 101 Å². The zero-order valence-corrected chi connectivity index (χ0v) is 10.5. The van der Waals surface area contributed by atoms with E-state index in [0.717, 1.165) is 18.2 Å². The van der Waals surface area contributed by atoms with Gasteiger partial charge in [0.05, 0.1) is 22.8 Å². The Hall–Kier alpha value is -2.37. The van der Waals surface area contributed by atoms with Crippen LogP contribution in [0.2, 0.25) is 0 Å². The van der Waals surface area contributed by atoms with E-state index in [4.69, 9.17) is 14.9 Å². The van der Waals surface area contributed by atoms with Gasteiger partial charge in [0, 0.05) is 0 Å². The highest BCUT2D eigenvalue weighted by Crippen LogP contribution is 2.15. The Morgan fingerprint density at radius 2 is 1.79 bits per heavy atom. The van der Waals surface area contributed by atoms with E-state index in [1.54, 1.807) is 6.92 Å². The Morgan fingerprint density at radius 1 is 1.16 bits per heavy atom. The minimum Gasteiger partial charge on any atom is -0.478 e. The summed E-state index contributed by atoms with van der Waals surface area (Å²) in [5.74, 6) is -3.39. The molecule has 19 heavy (non-hydrogen) atoms. The number of hydrogen-bond acceptors (Lipinski definition) is 4. The van der Waals surface area contributed by atoms with Crippen LogP contribution in [0.4, 0.5) is 0 Å². The van der Waals surface area contributed by atoms with Crippen molar-refractivity contribution in [1.82, 2.24) is 0 Å². The van der Waals surface area contributed by atoms with E-state index < -0.39 is 17.9 Å². The van der Waals surface area contributed by atoms with Gasteiger partial charge in [-0.25, -0.2) is 14.4 Å². The maximum Gasteiger partial charge on any atom is 0.339 e. The third-order valence-corrected chi connectivity index (χ3v) is 2.60. The number of carbonyl (C=O) groups is 3. The van der Waals surface area contributed by atoms with Crippen molar-refractivity contribution < 1.29 is 29.3 Å². The van der Waals surface area contributed by atoms with Crippen LogP contribution in [-0.2, 0) is 4.74 Å². The minimum absolute atomic E-state index is 0.166. The van der Waals surface area contributed by atoms with Crippen molar-refractivity contribution >= 4 is 17.9 Å². The molecule has 0 heterocycles. The molecule has 0 fully saturated rings. The number of rotatable bonds is 5. The van der Waals surface area contributed by atoms with Crippen molar-refractivity contribution in [2.45, 2.75) is 26.4 Å². The predicted octanol–water partition coefficient (Wildman–Crippen LogP) is 2.04. The van der Waals surface area contributed by atoms with E-state index in [-0.39, 0.29) is 22.8 Å². The summed E-state index contributed by atoms with van der Waals surface area (Å²) < 4.78 is 5.02. The van der Waals surface area contributed by atoms with Crippen molar-refractivity contribution in [2.75, 3.05) is 0 Å². The number of carbonyl (C=O) groups excluding carboxylic acids is 1. The van der Waals surface area contributed by atoms with Crippen molar-refractivity contribution in [3.05, 3.63) is 34.9 Å². The molecule has 1 rings (SSSR count). The van der Waals surface area contributed by atoms with Crippen molar-refractivity contribution in [2.24, 2.45) is 0 Å². The van der Waals surface area contributed by atoms with E-state index in [0.29, 0.717) is 6.42 Å². The lowest BCUT2D eigenvalue weighted by Crippen LogP contribution is -2.18. The fraction of sp³-hybridized carbons (Fsp3) is 0.308. The fourth-order valence-electron chi connectivity index (χ4n) is 1.36. The second-order valence-electron chi connectivity index (χ2n) is 3.99. The molecule has 0 radical (unpaired) electrons. The lowest BCUT2D eigenvalue weighted by molar-refractivity contribution is 0.0328. The molecule has 0 saturated carbocycles. The van der Waals surface area contributed by atoms with Crippen LogP contribution in [0.25, 0.3) is 0 Å². The Morgan fingerprint density at radius 3 is 2.26 bits per heavy atom. The molecule has 0 saturated heterocycles. The molecule has 1 atom stereocenters. The maximum absolute atomic E-state index is 11.8. The molecule has 102 valence electrons. The minimum atomic E-state index is -1.31. The van der Waals surface area contributed by atoms with Crippen LogP contribution in [0.5, 0.6) is 0 Å². The van der Waals surface area contributed by atoms with Crippen molar-refractivity contribution in [3.63, 3.8) is 0 Å². The average molecular weight is 266 g/mol. The smallest absolute Gasteiger partial charge is 0.339 e. The van der Waals surface area contributed by atoms with Gasteiger partial charge in [-0.1, -0.05) is 6.92 Å². The third-order valence-electron chi connectivity index (χ3n) is 2.60. The summed E-state index contributed by atoms with van der Waals surface area (Å²) in [5.41, 5.74) is -0.702. The molecular formula is C13H14O6. The van der Waals surface area contributed by atoms with E-state index in [9.17, 15) is 14.4 Å². The lowest BCUT2D eigenvalue weighted by Gasteiger charge is -2.12. The largest absolute Gasteiger partial charge is 0.478 e. The van der Waals surface area contributed by atoms with Crippen LogP contribution in [0, 0.1) is 0 Å². The molecule has 0 aliphatic heterocycles. The number of ether oxygens (including phenoxy) is 1. The van der Waals surface area contributed by atoms with Gasteiger partial charge >= 0.3 is 17.9 Å². The highest BCUT2D eigenvalue weighted by molar-refractivity contribution is 6.04. The molecule has 0 spiro atoms. The zero-order valence-electron chi connectivity index (χ0n) is 10.5. The molecule has 0 bridgehead atoms. The Bertz CT molecular complexity index is 520. The van der Waals surface area contributed by atoms with Gasteiger partial charge in [0.1, 0.15) is 0 Å². The summed E-state index contributed by atoms with van der Waals surface area (Å²) in [6.45, 7) is 3.48. The van der Waals surface area contributed by atoms with E-state index in [2.05, 4.69) is 0 Å². The SMILES string of the molecule is CCC(C)OC(=O)c1cc(C(=O)O)ccc1C(=O)O. The third kappa shape index (κ3) is 3.54. The summed E-state index contributed by atoms with van der Waals surface area (Å²) in [7, 11) is 0. The molecule has 1 aromatic carbocycles. The first-order valence-corrected chi connectivity index (χ1v) is 5.68. The second-order valence-corrected chi connectivity index (χ2v) is 3.99. The zero-order chi connectivity index (χ0) is 14.6. The van der Waals surface area contributed by atoms with Gasteiger partial charge in [-0.3, -0.25) is 0 Å². The summed E-state index contributed by atoms with van der Waals surface area (Å²) >= 11 is 0. The monoisotopic (exact) mass is 266 g/mol. The van der Waals surface area contributed by atoms with Gasteiger partial charge < -0.3 is 14.9 Å². The fourth-order valence-corrected chi connectivity index (χ4v) is 1.36. The Balaban J connectivity index is 3.21. The molecule has 0 aliphatic rings. The predicted molar refractivity (Wildman–Crippen MR) is 65.5 cm³/mol. The van der Waals surface area contributed by atoms with Crippen LogP contribution in [0.1, 0.15) is 51.3 Å². The van der Waals surface area contributed by atoms with Gasteiger partial charge in [0.25, 0.3) is 0 Å². The molecule has 0 amide bonds. The number of carboxylic acids is 2. The molecular weight excluding hydrogens is 252 g/mol. The molecule has 6 nitrogen and oxygen atoms in total. The summed E-state index contributed by atoms with van der Waals surface area (Å²) in [4.78, 5) is 33.7. The summed E-state index contributed by atoms with van der Waals surface area (Å²) in [6.07, 6.45) is 0.204. The standard InChI is InChI=1S/C13H14O6/c1-3-7(2)19-13(18)10-6-8(11(14)15)4-5-9(10)12(16)17/h4-7H,3H2,1-2H3,(H,14,15)(H,16,17). The molecule has 6 heteroatoms. The van der Waals surface area contributed by atoms with Gasteiger partial charge in [0.15, 0.2) is 0 Å².